The van der Waals surface area contributed by atoms with Crippen molar-refractivity contribution in [1.29, 1.82) is 5.26 Å². The van der Waals surface area contributed by atoms with Gasteiger partial charge in [0.25, 0.3) is 11.9 Å². The topological polar surface area (TPSA) is 82.3 Å². The van der Waals surface area contributed by atoms with Gasteiger partial charge in [0.05, 0.1) is 0 Å². The van der Waals surface area contributed by atoms with E-state index in [1.165, 1.54) is 6.07 Å². The molecule has 1 rings (SSSR count). The van der Waals surface area contributed by atoms with Crippen molar-refractivity contribution in [3.05, 3.63) is 34.7 Å². The molecule has 1 atom stereocenters. The molecule has 1 aromatic rings. The summed E-state index contributed by atoms with van der Waals surface area (Å²) >= 11 is 0. The van der Waals surface area contributed by atoms with Crippen LogP contribution >= 0.6 is 0 Å². The monoisotopic (exact) mass is 203 g/mol. The zero-order chi connectivity index (χ0) is 11.3. The van der Waals surface area contributed by atoms with E-state index in [0.717, 1.165) is 5.56 Å². The first-order valence-electron chi connectivity index (χ1n) is 4.27. The number of hydrogen-bond acceptors (Lipinski definition) is 4. The third-order valence-corrected chi connectivity index (χ3v) is 1.80. The molecule has 5 heteroatoms. The van der Waals surface area contributed by atoms with Crippen LogP contribution in [0.4, 0.5) is 5.69 Å². The zero-order valence-corrected chi connectivity index (χ0v) is 8.10. The molecule has 0 radical (unpaired) electrons. The molecule has 1 amide bonds. The molecule has 1 N–H and O–H groups in total. The average Bonchev–Trinajstić information content (AvgIpc) is 2.23. The Kier molecular flexibility index (Phi) is 3.52. The molecule has 1 aromatic carbocycles. The van der Waals surface area contributed by atoms with Crippen molar-refractivity contribution < 1.29 is 4.79 Å². The lowest BCUT2D eigenvalue weighted by Gasteiger charge is -2.04. The fourth-order valence-electron chi connectivity index (χ4n) is 0.978. The average molecular weight is 203 g/mol. The lowest BCUT2D eigenvalue weighted by Crippen LogP contribution is -2.24. The number of nitrogens with zero attached hydrogens (tertiary/aromatic N) is 2. The van der Waals surface area contributed by atoms with E-state index in [1.807, 2.05) is 19.1 Å². The van der Waals surface area contributed by atoms with E-state index in [0.29, 0.717) is 5.69 Å². The summed E-state index contributed by atoms with van der Waals surface area (Å²) in [5.74, 6) is -0.712. The summed E-state index contributed by atoms with van der Waals surface area (Å²) in [6.45, 7) is 1.91. The van der Waals surface area contributed by atoms with Crippen molar-refractivity contribution in [3.8, 4) is 6.07 Å². The van der Waals surface area contributed by atoms with Gasteiger partial charge in [0.1, 0.15) is 6.07 Å². The van der Waals surface area contributed by atoms with Crippen LogP contribution in [-0.4, -0.2) is 11.9 Å². The Labute approximate surface area is 86.7 Å². The summed E-state index contributed by atoms with van der Waals surface area (Å²) in [4.78, 5) is 21.3. The van der Waals surface area contributed by atoms with Crippen LogP contribution in [0.2, 0.25) is 0 Å². The third-order valence-electron chi connectivity index (χ3n) is 1.80. The number of rotatable bonds is 3. The molecule has 0 aliphatic heterocycles. The maximum Gasteiger partial charge on any atom is 0.267 e. The first-order valence-corrected chi connectivity index (χ1v) is 4.27. The van der Waals surface area contributed by atoms with Gasteiger partial charge in [0, 0.05) is 5.69 Å². The maximum absolute atomic E-state index is 11.2. The van der Waals surface area contributed by atoms with Gasteiger partial charge in [-0.1, -0.05) is 17.7 Å². The summed E-state index contributed by atoms with van der Waals surface area (Å²) in [5, 5.41) is 13.2. The standard InChI is InChI=1S/C10H9N3O2/c1-7-2-4-8(5-3-7)12-10(14)9(6-11)13-15/h2-5,9H,1H3,(H,12,14)/t9-/m0/s1. The Morgan fingerprint density at radius 1 is 1.47 bits per heavy atom. The molecule has 76 valence electrons. The van der Waals surface area contributed by atoms with E-state index in [-0.39, 0.29) is 0 Å². The van der Waals surface area contributed by atoms with Crippen LogP contribution < -0.4 is 5.32 Å². The molecule has 0 aliphatic rings. The number of nitroso groups, excluding NO2 is 1. The summed E-state index contributed by atoms with van der Waals surface area (Å²) < 4.78 is 0. The van der Waals surface area contributed by atoms with Gasteiger partial charge >= 0.3 is 0 Å². The Hall–Kier alpha value is -2.22. The molecule has 0 aromatic heterocycles. The van der Waals surface area contributed by atoms with Gasteiger partial charge in [-0.25, -0.2) is 0 Å². The van der Waals surface area contributed by atoms with Gasteiger partial charge in [-0.15, -0.1) is 4.91 Å². The van der Waals surface area contributed by atoms with Gasteiger partial charge in [-0.05, 0) is 24.2 Å². The summed E-state index contributed by atoms with van der Waals surface area (Å²) in [6, 6.07) is 6.99. The highest BCUT2D eigenvalue weighted by atomic mass is 16.3. The third kappa shape index (κ3) is 2.88. The minimum Gasteiger partial charge on any atom is -0.323 e. The highest BCUT2D eigenvalue weighted by molar-refractivity contribution is 5.96. The number of hydrogen-bond donors (Lipinski definition) is 1. The number of nitrogens with one attached hydrogen (secondary N) is 1. The smallest absolute Gasteiger partial charge is 0.267 e. The van der Waals surface area contributed by atoms with Crippen molar-refractivity contribution in [2.24, 2.45) is 5.18 Å². The van der Waals surface area contributed by atoms with Crippen molar-refractivity contribution in [1.82, 2.24) is 0 Å². The van der Waals surface area contributed by atoms with Crippen molar-refractivity contribution in [2.75, 3.05) is 5.32 Å². The number of carbonyl (C=O) groups is 1. The lowest BCUT2D eigenvalue weighted by atomic mass is 10.2. The molecule has 0 saturated heterocycles. The summed E-state index contributed by atoms with van der Waals surface area (Å²) in [7, 11) is 0. The van der Waals surface area contributed by atoms with Crippen LogP contribution in [0.3, 0.4) is 0 Å². The van der Waals surface area contributed by atoms with Gasteiger partial charge in [-0.2, -0.15) is 5.26 Å². The number of carbonyl (C=O) groups excluding carboxylic acids is 1. The molecule has 0 unspecified atom stereocenters. The second-order valence-corrected chi connectivity index (χ2v) is 2.99. The fourth-order valence-corrected chi connectivity index (χ4v) is 0.978. The second-order valence-electron chi connectivity index (χ2n) is 2.99. The second kappa shape index (κ2) is 4.86. The largest absolute Gasteiger partial charge is 0.323 e. The minimum absolute atomic E-state index is 0.537. The van der Waals surface area contributed by atoms with Gasteiger partial charge in [0.2, 0.25) is 0 Å². The number of amides is 1. The van der Waals surface area contributed by atoms with Gasteiger partial charge in [-0.3, -0.25) is 4.79 Å². The van der Waals surface area contributed by atoms with Crippen LogP contribution in [0.15, 0.2) is 29.4 Å². The SMILES string of the molecule is Cc1ccc(NC(=O)[C@H](C#N)N=O)cc1. The van der Waals surface area contributed by atoms with Crippen molar-refractivity contribution >= 4 is 11.6 Å². The van der Waals surface area contributed by atoms with E-state index in [9.17, 15) is 9.70 Å². The Bertz CT molecular complexity index is 406. The number of aryl methyl sites for hydroxylation is 1. The van der Waals surface area contributed by atoms with E-state index in [4.69, 9.17) is 5.26 Å². The van der Waals surface area contributed by atoms with Gasteiger partial charge in [0.15, 0.2) is 0 Å². The Balaban J connectivity index is 2.71. The molecular formula is C10H9N3O2. The zero-order valence-electron chi connectivity index (χ0n) is 8.10. The fraction of sp³-hybridized carbons (Fsp3) is 0.200. The molecule has 5 nitrogen and oxygen atoms in total. The molecule has 0 spiro atoms. The lowest BCUT2D eigenvalue weighted by molar-refractivity contribution is -0.116. The predicted octanol–water partition coefficient (Wildman–Crippen LogP) is 1.59. The molecule has 15 heavy (non-hydrogen) atoms. The van der Waals surface area contributed by atoms with Crippen LogP contribution in [0, 0.1) is 23.2 Å². The number of benzene rings is 1. The number of anilines is 1. The maximum atomic E-state index is 11.2. The highest BCUT2D eigenvalue weighted by Crippen LogP contribution is 2.09. The first kappa shape index (κ1) is 10.9. The molecule has 0 aliphatic carbocycles. The van der Waals surface area contributed by atoms with Crippen LogP contribution in [0.25, 0.3) is 0 Å². The van der Waals surface area contributed by atoms with Crippen molar-refractivity contribution in [3.63, 3.8) is 0 Å². The molecule has 0 saturated carbocycles. The predicted molar refractivity (Wildman–Crippen MR) is 55.0 cm³/mol. The Morgan fingerprint density at radius 2 is 2.07 bits per heavy atom. The van der Waals surface area contributed by atoms with E-state index in [2.05, 4.69) is 10.5 Å². The van der Waals surface area contributed by atoms with Gasteiger partial charge < -0.3 is 5.32 Å². The highest BCUT2D eigenvalue weighted by Gasteiger charge is 2.17. The minimum atomic E-state index is -1.49. The van der Waals surface area contributed by atoms with Crippen LogP contribution in [0.5, 0.6) is 0 Å². The van der Waals surface area contributed by atoms with Crippen LogP contribution in [0.1, 0.15) is 5.56 Å². The molecular weight excluding hydrogens is 194 g/mol. The summed E-state index contributed by atoms with van der Waals surface area (Å²) in [5.41, 5.74) is 1.59. The Morgan fingerprint density at radius 3 is 2.53 bits per heavy atom. The van der Waals surface area contributed by atoms with E-state index in [1.54, 1.807) is 12.1 Å². The molecule has 0 fully saturated rings. The molecule has 0 bridgehead atoms. The van der Waals surface area contributed by atoms with E-state index < -0.39 is 11.9 Å². The normalized spacial score (nSPS) is 11.2. The quantitative estimate of drug-likeness (QED) is 0.757. The number of nitriles is 1. The van der Waals surface area contributed by atoms with Crippen molar-refractivity contribution in [2.45, 2.75) is 13.0 Å². The van der Waals surface area contributed by atoms with E-state index >= 15 is 0 Å². The first-order chi connectivity index (χ1) is 7.17. The van der Waals surface area contributed by atoms with Crippen LogP contribution in [-0.2, 0) is 4.79 Å². The summed E-state index contributed by atoms with van der Waals surface area (Å²) in [6.07, 6.45) is 0. The molecule has 0 heterocycles.